The molecule has 0 bridgehead atoms. The van der Waals surface area contributed by atoms with Gasteiger partial charge in [0.25, 0.3) is 5.24 Å². The van der Waals surface area contributed by atoms with Crippen LogP contribution in [0.5, 0.6) is 0 Å². The zero-order chi connectivity index (χ0) is 8.91. The molecule has 0 spiro atoms. The average Bonchev–Trinajstić information content (AvgIpc) is 2.00. The molecule has 0 aromatic carbocycles. The van der Waals surface area contributed by atoms with Gasteiger partial charge in [0.15, 0.2) is 0 Å². The van der Waals surface area contributed by atoms with Crippen LogP contribution in [0.1, 0.15) is 26.7 Å². The van der Waals surface area contributed by atoms with Crippen LogP contribution in [0.2, 0.25) is 0 Å². The second kappa shape index (κ2) is 4.96. The third-order valence-electron chi connectivity index (χ3n) is 1.83. The number of ether oxygens (including phenoxy) is 1. The Bertz CT molecular complexity index is 132. The van der Waals surface area contributed by atoms with Crippen LogP contribution in [0.25, 0.3) is 0 Å². The van der Waals surface area contributed by atoms with E-state index in [1.54, 1.807) is 0 Å². The molecule has 0 atom stereocenters. The Morgan fingerprint density at radius 3 is 2.00 bits per heavy atom. The molecule has 0 fully saturated rings. The monoisotopic (exact) mass is 198 g/mol. The molecule has 0 aromatic heterocycles. The maximum Gasteiger partial charge on any atom is 0.253 e. The molecule has 4 heteroatoms. The number of carbonyl (C=O) groups excluding carboxylic acids is 1. The van der Waals surface area contributed by atoms with Gasteiger partial charge >= 0.3 is 0 Å². The molecule has 0 aromatic rings. The Labute approximate surface area is 76.8 Å². The van der Waals surface area contributed by atoms with Crippen LogP contribution < -0.4 is 0 Å². The molecule has 0 heterocycles. The summed E-state index contributed by atoms with van der Waals surface area (Å²) in [6.45, 7) is 3.69. The van der Waals surface area contributed by atoms with Gasteiger partial charge in [-0.25, -0.2) is 0 Å². The zero-order valence-electron chi connectivity index (χ0n) is 6.69. The summed E-state index contributed by atoms with van der Waals surface area (Å²) in [5.74, 6) is 0. The topological polar surface area (TPSA) is 26.3 Å². The highest BCUT2D eigenvalue weighted by Gasteiger charge is 2.34. The van der Waals surface area contributed by atoms with Crippen molar-refractivity contribution in [3.63, 3.8) is 0 Å². The van der Waals surface area contributed by atoms with E-state index in [-0.39, 0.29) is 6.07 Å². The van der Waals surface area contributed by atoms with E-state index in [4.69, 9.17) is 27.9 Å². The molecular formula is C7H12Cl2O2. The third-order valence-corrected chi connectivity index (χ3v) is 2.28. The van der Waals surface area contributed by atoms with E-state index in [1.807, 2.05) is 13.8 Å². The highest BCUT2D eigenvalue weighted by molar-refractivity contribution is 6.65. The highest BCUT2D eigenvalue weighted by Crippen LogP contribution is 2.23. The molecule has 0 amide bonds. The molecule has 0 rings (SSSR count). The number of alkyl halides is 1. The fraction of sp³-hybridized carbons (Fsp3) is 0.857. The SMILES string of the molecule is CCC(CC)(OCCl)C(=O)Cl. The van der Waals surface area contributed by atoms with Crippen LogP contribution in [0, 0.1) is 0 Å². The van der Waals surface area contributed by atoms with E-state index in [0.29, 0.717) is 12.8 Å². The Balaban J connectivity index is 4.32. The normalized spacial score (nSPS) is 11.6. The third kappa shape index (κ3) is 2.62. The largest absolute Gasteiger partial charge is 0.350 e. The van der Waals surface area contributed by atoms with Crippen LogP contribution in [0.3, 0.4) is 0 Å². The van der Waals surface area contributed by atoms with E-state index < -0.39 is 10.8 Å². The summed E-state index contributed by atoms with van der Waals surface area (Å²) < 4.78 is 5.07. The van der Waals surface area contributed by atoms with Crippen LogP contribution in [-0.4, -0.2) is 16.9 Å². The number of halogens is 2. The molecular weight excluding hydrogens is 187 g/mol. The first-order valence-corrected chi connectivity index (χ1v) is 4.44. The summed E-state index contributed by atoms with van der Waals surface area (Å²) in [5, 5.41) is -0.469. The number of carbonyl (C=O) groups is 1. The maximum absolute atomic E-state index is 10.9. The summed E-state index contributed by atoms with van der Waals surface area (Å²) in [6, 6.07) is 0.000139. The molecule has 0 radical (unpaired) electrons. The lowest BCUT2D eigenvalue weighted by Crippen LogP contribution is -2.37. The van der Waals surface area contributed by atoms with Crippen LogP contribution >= 0.6 is 23.2 Å². The standard InChI is InChI=1S/C7H12Cl2O2/c1-3-7(4-2,6(9)10)11-5-8/h3-5H2,1-2H3. The predicted molar refractivity (Wildman–Crippen MR) is 46.0 cm³/mol. The number of hydrogen-bond acceptors (Lipinski definition) is 2. The molecule has 0 N–H and O–H groups in total. The summed E-state index contributed by atoms with van der Waals surface area (Å²) in [7, 11) is 0. The van der Waals surface area contributed by atoms with Gasteiger partial charge in [0.05, 0.1) is 0 Å². The lowest BCUT2D eigenvalue weighted by atomic mass is 9.99. The Hall–Kier alpha value is 0.210. The zero-order valence-corrected chi connectivity index (χ0v) is 8.21. The van der Waals surface area contributed by atoms with Crippen molar-refractivity contribution in [2.75, 3.05) is 6.07 Å². The van der Waals surface area contributed by atoms with E-state index in [9.17, 15) is 4.79 Å². The van der Waals surface area contributed by atoms with Gasteiger partial charge in [0, 0.05) is 0 Å². The fourth-order valence-corrected chi connectivity index (χ4v) is 1.42. The van der Waals surface area contributed by atoms with Crippen LogP contribution in [0.4, 0.5) is 0 Å². The van der Waals surface area contributed by atoms with E-state index >= 15 is 0 Å². The minimum atomic E-state index is -0.872. The second-order valence-corrected chi connectivity index (χ2v) is 2.79. The van der Waals surface area contributed by atoms with Gasteiger partial charge in [-0.2, -0.15) is 0 Å². The van der Waals surface area contributed by atoms with Crippen molar-refractivity contribution in [3.05, 3.63) is 0 Å². The second-order valence-electron chi connectivity index (χ2n) is 2.23. The smallest absolute Gasteiger partial charge is 0.253 e. The lowest BCUT2D eigenvalue weighted by molar-refractivity contribution is -0.134. The molecule has 0 aliphatic carbocycles. The highest BCUT2D eigenvalue weighted by atomic mass is 35.5. The summed E-state index contributed by atoms with van der Waals surface area (Å²) in [4.78, 5) is 10.9. The van der Waals surface area contributed by atoms with Crippen molar-refractivity contribution in [2.45, 2.75) is 32.3 Å². The van der Waals surface area contributed by atoms with Crippen LogP contribution in [-0.2, 0) is 9.53 Å². The number of hydrogen-bond donors (Lipinski definition) is 0. The Morgan fingerprint density at radius 2 is 1.91 bits per heavy atom. The van der Waals surface area contributed by atoms with Gasteiger partial charge in [0.2, 0.25) is 0 Å². The van der Waals surface area contributed by atoms with E-state index in [0.717, 1.165) is 0 Å². The van der Waals surface area contributed by atoms with Gasteiger partial charge in [-0.15, -0.1) is 0 Å². The van der Waals surface area contributed by atoms with Gasteiger partial charge in [-0.05, 0) is 24.4 Å². The van der Waals surface area contributed by atoms with Gasteiger partial charge < -0.3 is 4.74 Å². The van der Waals surface area contributed by atoms with Crippen molar-refractivity contribution in [3.8, 4) is 0 Å². The first kappa shape index (κ1) is 11.2. The first-order chi connectivity index (χ1) is 5.13. The summed E-state index contributed by atoms with van der Waals surface area (Å²) in [5.41, 5.74) is -0.872. The fourth-order valence-electron chi connectivity index (χ4n) is 0.893. The lowest BCUT2D eigenvalue weighted by Gasteiger charge is -2.25. The minimum Gasteiger partial charge on any atom is -0.350 e. The summed E-state index contributed by atoms with van der Waals surface area (Å²) >= 11 is 10.7. The molecule has 0 unspecified atom stereocenters. The minimum absolute atomic E-state index is 0.000139. The van der Waals surface area contributed by atoms with Crippen molar-refractivity contribution in [1.29, 1.82) is 0 Å². The molecule has 0 aliphatic heterocycles. The molecule has 11 heavy (non-hydrogen) atoms. The van der Waals surface area contributed by atoms with Crippen molar-refractivity contribution < 1.29 is 9.53 Å². The van der Waals surface area contributed by atoms with Crippen molar-refractivity contribution in [1.82, 2.24) is 0 Å². The molecule has 66 valence electrons. The van der Waals surface area contributed by atoms with E-state index in [1.165, 1.54) is 0 Å². The average molecular weight is 199 g/mol. The predicted octanol–water partition coefficient (Wildman–Crippen LogP) is 2.52. The van der Waals surface area contributed by atoms with E-state index in [2.05, 4.69) is 0 Å². The maximum atomic E-state index is 10.9. The Kier molecular flexibility index (Phi) is 5.06. The van der Waals surface area contributed by atoms with Crippen molar-refractivity contribution in [2.24, 2.45) is 0 Å². The van der Waals surface area contributed by atoms with Gasteiger partial charge in [0.1, 0.15) is 11.7 Å². The molecule has 0 saturated heterocycles. The molecule has 2 nitrogen and oxygen atoms in total. The van der Waals surface area contributed by atoms with Crippen molar-refractivity contribution >= 4 is 28.4 Å². The number of rotatable bonds is 5. The molecule has 0 saturated carbocycles. The quantitative estimate of drug-likeness (QED) is 0.502. The van der Waals surface area contributed by atoms with Gasteiger partial charge in [-0.1, -0.05) is 25.4 Å². The molecule has 0 aliphatic rings. The van der Waals surface area contributed by atoms with Gasteiger partial charge in [-0.3, -0.25) is 4.79 Å². The first-order valence-electron chi connectivity index (χ1n) is 3.52. The Morgan fingerprint density at radius 1 is 1.45 bits per heavy atom. The summed E-state index contributed by atoms with van der Waals surface area (Å²) in [6.07, 6.45) is 1.11. The van der Waals surface area contributed by atoms with Crippen LogP contribution in [0.15, 0.2) is 0 Å².